The summed E-state index contributed by atoms with van der Waals surface area (Å²) in [6.45, 7) is 4.54. The van der Waals surface area contributed by atoms with Gasteiger partial charge in [-0.25, -0.2) is 0 Å². The highest BCUT2D eigenvalue weighted by Gasteiger charge is 2.09. The van der Waals surface area contributed by atoms with Crippen molar-refractivity contribution in [2.24, 2.45) is 5.16 Å². The van der Waals surface area contributed by atoms with Gasteiger partial charge in [0.15, 0.2) is 6.61 Å². The van der Waals surface area contributed by atoms with E-state index >= 15 is 0 Å². The number of nitrogens with zero attached hydrogens (tertiary/aromatic N) is 1. The van der Waals surface area contributed by atoms with Crippen molar-refractivity contribution in [2.75, 3.05) is 13.2 Å². The number of rotatable bonds is 10. The Morgan fingerprint density at radius 3 is 2.53 bits per heavy atom. The third-order valence-corrected chi connectivity index (χ3v) is 5.44. The minimum Gasteiger partial charge on any atom is -0.490 e. The SMILES string of the molecule is CCC(=NOCCOc1cccc(CC(=O)O)c1C)c1ccc(-c2ccsc2)cc1. The fourth-order valence-electron chi connectivity index (χ4n) is 3.09. The summed E-state index contributed by atoms with van der Waals surface area (Å²) in [7, 11) is 0. The summed E-state index contributed by atoms with van der Waals surface area (Å²) < 4.78 is 5.75. The molecule has 0 saturated carbocycles. The van der Waals surface area contributed by atoms with Crippen LogP contribution < -0.4 is 4.74 Å². The van der Waals surface area contributed by atoms with Gasteiger partial charge in [0, 0.05) is 0 Å². The zero-order valence-corrected chi connectivity index (χ0v) is 17.9. The van der Waals surface area contributed by atoms with Crippen molar-refractivity contribution in [1.82, 2.24) is 0 Å². The predicted octanol–water partition coefficient (Wildman–Crippen LogP) is 5.56. The Labute approximate surface area is 180 Å². The second-order valence-corrected chi connectivity index (χ2v) is 7.55. The molecule has 0 bridgehead atoms. The zero-order chi connectivity index (χ0) is 21.3. The highest BCUT2D eigenvalue weighted by molar-refractivity contribution is 7.08. The molecule has 2 aromatic carbocycles. The fraction of sp³-hybridized carbons (Fsp3) is 0.250. The molecule has 0 radical (unpaired) electrons. The van der Waals surface area contributed by atoms with Crippen molar-refractivity contribution in [3.8, 4) is 16.9 Å². The molecule has 0 spiro atoms. The quantitative estimate of drug-likeness (QED) is 0.263. The maximum Gasteiger partial charge on any atom is 0.307 e. The van der Waals surface area contributed by atoms with Crippen LogP contribution in [0.25, 0.3) is 11.1 Å². The van der Waals surface area contributed by atoms with Crippen LogP contribution in [-0.2, 0) is 16.1 Å². The van der Waals surface area contributed by atoms with Gasteiger partial charge in [-0.2, -0.15) is 11.3 Å². The fourth-order valence-corrected chi connectivity index (χ4v) is 3.75. The molecule has 3 aromatic rings. The van der Waals surface area contributed by atoms with Gasteiger partial charge in [-0.3, -0.25) is 4.79 Å². The number of hydrogen-bond donors (Lipinski definition) is 1. The standard InChI is InChI=1S/C24H25NO4S/c1-3-22(19-9-7-18(8-10-19)21-11-14-30-16-21)25-29-13-12-28-23-6-4-5-20(17(23)2)15-24(26)27/h4-11,14,16H,3,12-13,15H2,1-2H3,(H,26,27). The Morgan fingerprint density at radius 1 is 1.07 bits per heavy atom. The van der Waals surface area contributed by atoms with Crippen molar-refractivity contribution in [3.05, 3.63) is 76.0 Å². The minimum atomic E-state index is -0.858. The van der Waals surface area contributed by atoms with E-state index in [0.717, 1.165) is 28.8 Å². The van der Waals surface area contributed by atoms with Crippen molar-refractivity contribution in [3.63, 3.8) is 0 Å². The van der Waals surface area contributed by atoms with E-state index in [4.69, 9.17) is 14.7 Å². The Hall–Kier alpha value is -3.12. The van der Waals surface area contributed by atoms with E-state index in [-0.39, 0.29) is 6.42 Å². The molecule has 0 unspecified atom stereocenters. The molecule has 0 aliphatic carbocycles. The molecule has 1 N–H and O–H groups in total. The molecule has 6 heteroatoms. The number of hydrogen-bond acceptors (Lipinski definition) is 5. The van der Waals surface area contributed by atoms with Crippen LogP contribution in [0.3, 0.4) is 0 Å². The van der Waals surface area contributed by atoms with Gasteiger partial charge in [0.25, 0.3) is 0 Å². The molecule has 0 saturated heterocycles. The Balaban J connectivity index is 1.54. The van der Waals surface area contributed by atoms with E-state index in [2.05, 4.69) is 46.2 Å². The van der Waals surface area contributed by atoms with Crippen LogP contribution in [-0.4, -0.2) is 30.0 Å². The number of carboxylic acids is 1. The lowest BCUT2D eigenvalue weighted by Gasteiger charge is -2.11. The van der Waals surface area contributed by atoms with Crippen molar-refractivity contribution >= 4 is 23.0 Å². The average molecular weight is 424 g/mol. The molecule has 30 heavy (non-hydrogen) atoms. The molecular formula is C24H25NO4S. The van der Waals surface area contributed by atoms with E-state index in [1.165, 1.54) is 11.1 Å². The third kappa shape index (κ3) is 5.70. The van der Waals surface area contributed by atoms with Gasteiger partial charge in [-0.05, 0) is 64.1 Å². The van der Waals surface area contributed by atoms with Gasteiger partial charge in [0.1, 0.15) is 12.4 Å². The highest BCUT2D eigenvalue weighted by atomic mass is 32.1. The molecule has 0 amide bonds. The van der Waals surface area contributed by atoms with E-state index in [9.17, 15) is 4.79 Å². The zero-order valence-electron chi connectivity index (χ0n) is 17.1. The second-order valence-electron chi connectivity index (χ2n) is 6.77. The van der Waals surface area contributed by atoms with Gasteiger partial charge in [-0.15, -0.1) is 0 Å². The highest BCUT2D eigenvalue weighted by Crippen LogP contribution is 2.23. The van der Waals surface area contributed by atoms with Crippen LogP contribution >= 0.6 is 11.3 Å². The monoisotopic (exact) mass is 423 g/mol. The number of oxime groups is 1. The predicted molar refractivity (Wildman–Crippen MR) is 121 cm³/mol. The van der Waals surface area contributed by atoms with Gasteiger partial charge in [0.2, 0.25) is 0 Å². The first-order chi connectivity index (χ1) is 14.6. The average Bonchev–Trinajstić information content (AvgIpc) is 3.28. The molecule has 1 aromatic heterocycles. The van der Waals surface area contributed by atoms with Crippen LogP contribution in [0.1, 0.15) is 30.0 Å². The number of carboxylic acid groups (broad SMARTS) is 1. The van der Waals surface area contributed by atoms with Crippen LogP contribution in [0.2, 0.25) is 0 Å². The van der Waals surface area contributed by atoms with Crippen molar-refractivity contribution in [1.29, 1.82) is 0 Å². The summed E-state index contributed by atoms with van der Waals surface area (Å²) in [5.74, 6) is -0.190. The van der Waals surface area contributed by atoms with E-state index in [1.807, 2.05) is 19.9 Å². The Morgan fingerprint density at radius 2 is 1.87 bits per heavy atom. The lowest BCUT2D eigenvalue weighted by atomic mass is 10.0. The maximum atomic E-state index is 10.9. The minimum absolute atomic E-state index is 0.0190. The van der Waals surface area contributed by atoms with E-state index in [0.29, 0.717) is 19.0 Å². The largest absolute Gasteiger partial charge is 0.490 e. The number of ether oxygens (including phenoxy) is 1. The number of benzene rings is 2. The molecule has 3 rings (SSSR count). The van der Waals surface area contributed by atoms with Gasteiger partial charge in [0.05, 0.1) is 12.1 Å². The number of carbonyl (C=O) groups is 1. The first-order valence-corrected chi connectivity index (χ1v) is 10.8. The smallest absolute Gasteiger partial charge is 0.307 e. The second kappa shape index (κ2) is 10.6. The summed E-state index contributed by atoms with van der Waals surface area (Å²) in [5, 5.41) is 17.5. The topological polar surface area (TPSA) is 68.1 Å². The summed E-state index contributed by atoms with van der Waals surface area (Å²) in [5.41, 5.74) is 5.91. The molecule has 156 valence electrons. The molecule has 0 aliphatic rings. The van der Waals surface area contributed by atoms with Crippen LogP contribution in [0, 0.1) is 6.92 Å². The van der Waals surface area contributed by atoms with Crippen LogP contribution in [0.5, 0.6) is 5.75 Å². The summed E-state index contributed by atoms with van der Waals surface area (Å²) >= 11 is 1.69. The third-order valence-electron chi connectivity index (χ3n) is 4.75. The van der Waals surface area contributed by atoms with Gasteiger partial charge >= 0.3 is 5.97 Å². The summed E-state index contributed by atoms with van der Waals surface area (Å²) in [6, 6.07) is 15.9. The number of aliphatic carboxylic acids is 1. The van der Waals surface area contributed by atoms with Gasteiger partial charge in [-0.1, -0.05) is 48.5 Å². The molecule has 0 fully saturated rings. The number of thiophene rings is 1. The summed E-state index contributed by atoms with van der Waals surface area (Å²) in [4.78, 5) is 16.4. The lowest BCUT2D eigenvalue weighted by Crippen LogP contribution is -2.08. The summed E-state index contributed by atoms with van der Waals surface area (Å²) in [6.07, 6.45) is 0.740. The maximum absolute atomic E-state index is 10.9. The van der Waals surface area contributed by atoms with Crippen molar-refractivity contribution in [2.45, 2.75) is 26.7 Å². The molecule has 0 aliphatic heterocycles. The Kier molecular flexibility index (Phi) is 7.63. The van der Waals surface area contributed by atoms with Crippen molar-refractivity contribution < 1.29 is 19.5 Å². The molecule has 5 nitrogen and oxygen atoms in total. The van der Waals surface area contributed by atoms with Crippen LogP contribution in [0.15, 0.2) is 64.4 Å². The van der Waals surface area contributed by atoms with Crippen LogP contribution in [0.4, 0.5) is 0 Å². The van der Waals surface area contributed by atoms with Gasteiger partial charge < -0.3 is 14.7 Å². The molecular weight excluding hydrogens is 398 g/mol. The lowest BCUT2D eigenvalue weighted by molar-refractivity contribution is -0.136. The Bertz CT molecular complexity index is 995. The first kappa shape index (κ1) is 21.6. The van der Waals surface area contributed by atoms with E-state index < -0.39 is 5.97 Å². The normalized spacial score (nSPS) is 11.3. The molecule has 0 atom stereocenters. The molecule has 1 heterocycles. The first-order valence-electron chi connectivity index (χ1n) is 9.83. The van der Waals surface area contributed by atoms with E-state index in [1.54, 1.807) is 23.5 Å².